The summed E-state index contributed by atoms with van der Waals surface area (Å²) in [6, 6.07) is 6.28. The Bertz CT molecular complexity index is 920. The van der Waals surface area contributed by atoms with Crippen molar-refractivity contribution < 1.29 is 36.6 Å². The summed E-state index contributed by atoms with van der Waals surface area (Å²) < 4.78 is 63.0. The largest absolute Gasteiger partial charge is 0.492 e. The number of hydrogen-bond acceptors (Lipinski definition) is 4. The molecule has 0 aliphatic heterocycles. The molecule has 2 aromatic carbocycles. The van der Waals surface area contributed by atoms with Gasteiger partial charge in [0.2, 0.25) is 0 Å². The van der Waals surface area contributed by atoms with Crippen LogP contribution in [0, 0.1) is 5.82 Å². The van der Waals surface area contributed by atoms with Gasteiger partial charge >= 0.3 is 12.3 Å². The van der Waals surface area contributed by atoms with Gasteiger partial charge in [-0.05, 0) is 56.7 Å². The predicted octanol–water partition coefficient (Wildman–Crippen LogP) is 5.23. The molecular weight excluding hydrogens is 406 g/mol. The molecule has 0 bridgehead atoms. The van der Waals surface area contributed by atoms with Crippen molar-refractivity contribution in [1.82, 2.24) is 5.32 Å². The lowest BCUT2D eigenvalue weighted by Crippen LogP contribution is -2.34. The van der Waals surface area contributed by atoms with Crippen LogP contribution in [0.15, 0.2) is 36.4 Å². The lowest BCUT2D eigenvalue weighted by atomic mass is 10.0. The maximum Gasteiger partial charge on any atom is 0.416 e. The molecule has 0 aromatic heterocycles. The molecule has 2 aromatic rings. The molecule has 0 saturated heterocycles. The van der Waals surface area contributed by atoms with Crippen LogP contribution < -0.4 is 10.1 Å². The molecule has 0 fully saturated rings. The molecule has 1 amide bonds. The van der Waals surface area contributed by atoms with Crippen molar-refractivity contribution in [3.8, 4) is 16.9 Å². The number of hydrogen-bond donors (Lipinski definition) is 1. The molecule has 0 radical (unpaired) electrons. The van der Waals surface area contributed by atoms with E-state index in [0.717, 1.165) is 12.1 Å². The fourth-order valence-corrected chi connectivity index (χ4v) is 2.49. The van der Waals surface area contributed by atoms with E-state index in [4.69, 9.17) is 9.47 Å². The Morgan fingerprint density at radius 1 is 1.10 bits per heavy atom. The second-order valence-electron chi connectivity index (χ2n) is 7.38. The zero-order valence-corrected chi connectivity index (χ0v) is 16.6. The monoisotopic (exact) mass is 427 g/mol. The highest BCUT2D eigenvalue weighted by molar-refractivity contribution is 5.80. The normalized spacial score (nSPS) is 11.7. The van der Waals surface area contributed by atoms with E-state index in [1.165, 1.54) is 18.2 Å². The third-order valence-corrected chi connectivity index (χ3v) is 3.71. The van der Waals surface area contributed by atoms with E-state index in [9.17, 15) is 27.2 Å². The molecule has 0 aliphatic rings. The first-order valence-corrected chi connectivity index (χ1v) is 8.96. The Labute approximate surface area is 171 Å². The van der Waals surface area contributed by atoms with Crippen LogP contribution >= 0.6 is 0 Å². The van der Waals surface area contributed by atoms with Crippen LogP contribution in [0.3, 0.4) is 0 Å². The zero-order chi connectivity index (χ0) is 22.5. The van der Waals surface area contributed by atoms with Crippen LogP contribution in [0.5, 0.6) is 5.75 Å². The van der Waals surface area contributed by atoms with Gasteiger partial charge in [0.1, 0.15) is 30.1 Å². The van der Waals surface area contributed by atoms with Crippen LogP contribution in [0.2, 0.25) is 0 Å². The zero-order valence-electron chi connectivity index (χ0n) is 16.6. The Hall–Kier alpha value is -3.10. The first-order chi connectivity index (χ1) is 13.9. The van der Waals surface area contributed by atoms with Crippen molar-refractivity contribution >= 4 is 12.4 Å². The van der Waals surface area contributed by atoms with Crippen molar-refractivity contribution in [3.05, 3.63) is 53.3 Å². The first-order valence-electron chi connectivity index (χ1n) is 8.96. The van der Waals surface area contributed by atoms with Gasteiger partial charge < -0.3 is 14.8 Å². The number of halogens is 4. The van der Waals surface area contributed by atoms with Crippen LogP contribution in [0.1, 0.15) is 36.7 Å². The summed E-state index contributed by atoms with van der Waals surface area (Å²) in [5, 5.41) is 2.49. The Morgan fingerprint density at radius 2 is 1.80 bits per heavy atom. The topological polar surface area (TPSA) is 64.6 Å². The number of rotatable bonds is 6. The first kappa shape index (κ1) is 23.2. The van der Waals surface area contributed by atoms with Gasteiger partial charge in [-0.15, -0.1) is 0 Å². The molecule has 9 heteroatoms. The maximum atomic E-state index is 14.3. The Balaban J connectivity index is 2.12. The van der Waals surface area contributed by atoms with Gasteiger partial charge in [0.25, 0.3) is 0 Å². The molecule has 162 valence electrons. The van der Waals surface area contributed by atoms with E-state index in [1.54, 1.807) is 20.8 Å². The molecule has 2 rings (SSSR count). The highest BCUT2D eigenvalue weighted by atomic mass is 19.4. The molecule has 5 nitrogen and oxygen atoms in total. The molecular formula is C21H21F4NO4. The highest BCUT2D eigenvalue weighted by Crippen LogP contribution is 2.34. The number of alkyl carbamates (subject to hydrolysis) is 1. The molecule has 1 N–H and O–H groups in total. The number of nitrogens with one attached hydrogen (secondary N) is 1. The third kappa shape index (κ3) is 6.75. The van der Waals surface area contributed by atoms with Gasteiger partial charge in [-0.25, -0.2) is 9.18 Å². The van der Waals surface area contributed by atoms with E-state index < -0.39 is 29.3 Å². The summed E-state index contributed by atoms with van der Waals surface area (Å²) in [7, 11) is 0. The number of alkyl halides is 3. The van der Waals surface area contributed by atoms with Gasteiger partial charge in [-0.3, -0.25) is 4.79 Å². The van der Waals surface area contributed by atoms with E-state index in [-0.39, 0.29) is 35.6 Å². The fraction of sp³-hybridized carbons (Fsp3) is 0.333. The molecule has 30 heavy (non-hydrogen) atoms. The molecule has 0 spiro atoms. The number of carbonyl (C=O) groups is 2. The standard InChI is InChI=1S/C21H21F4NO4/c1-20(2,3)30-19(28)26-6-7-29-16-9-13(12-27)8-14(10-16)17-5-4-15(11-18(17)22)21(23,24)25/h4-5,8-12H,6-7H2,1-3H3,(H,26,28). The van der Waals surface area contributed by atoms with E-state index in [0.29, 0.717) is 12.4 Å². The summed E-state index contributed by atoms with van der Waals surface area (Å²) >= 11 is 0. The molecule has 0 atom stereocenters. The Kier molecular flexibility index (Phi) is 7.07. The number of ether oxygens (including phenoxy) is 2. The summed E-state index contributed by atoms with van der Waals surface area (Å²) in [6.07, 6.45) is -4.78. The fourth-order valence-electron chi connectivity index (χ4n) is 2.49. The van der Waals surface area contributed by atoms with Crippen molar-refractivity contribution in [2.75, 3.05) is 13.2 Å². The van der Waals surface area contributed by atoms with Gasteiger partial charge in [-0.2, -0.15) is 13.2 Å². The summed E-state index contributed by atoms with van der Waals surface area (Å²) in [4.78, 5) is 22.8. The van der Waals surface area contributed by atoms with Crippen molar-refractivity contribution in [2.45, 2.75) is 32.5 Å². The minimum Gasteiger partial charge on any atom is -0.492 e. The van der Waals surface area contributed by atoms with Crippen LogP contribution in [-0.4, -0.2) is 31.1 Å². The van der Waals surface area contributed by atoms with Crippen molar-refractivity contribution in [3.63, 3.8) is 0 Å². The number of amides is 1. The predicted molar refractivity (Wildman–Crippen MR) is 102 cm³/mol. The van der Waals surface area contributed by atoms with Crippen LogP contribution in [-0.2, 0) is 10.9 Å². The number of benzene rings is 2. The van der Waals surface area contributed by atoms with Gasteiger partial charge in [0.15, 0.2) is 0 Å². The lowest BCUT2D eigenvalue weighted by Gasteiger charge is -2.19. The average Bonchev–Trinajstić information content (AvgIpc) is 2.62. The summed E-state index contributed by atoms with van der Waals surface area (Å²) in [5.41, 5.74) is -1.53. The number of carbonyl (C=O) groups excluding carboxylic acids is 2. The van der Waals surface area contributed by atoms with E-state index in [2.05, 4.69) is 5.32 Å². The van der Waals surface area contributed by atoms with Crippen LogP contribution in [0.4, 0.5) is 22.4 Å². The lowest BCUT2D eigenvalue weighted by molar-refractivity contribution is -0.137. The minimum absolute atomic E-state index is 0.0243. The molecule has 0 unspecified atom stereocenters. The summed E-state index contributed by atoms with van der Waals surface area (Å²) in [5.74, 6) is -0.884. The van der Waals surface area contributed by atoms with Crippen molar-refractivity contribution in [1.29, 1.82) is 0 Å². The van der Waals surface area contributed by atoms with Gasteiger partial charge in [0, 0.05) is 11.1 Å². The summed E-state index contributed by atoms with van der Waals surface area (Å²) in [6.45, 7) is 5.28. The Morgan fingerprint density at radius 3 is 2.37 bits per heavy atom. The second-order valence-corrected chi connectivity index (χ2v) is 7.38. The molecule has 0 aliphatic carbocycles. The average molecular weight is 427 g/mol. The smallest absolute Gasteiger partial charge is 0.416 e. The quantitative estimate of drug-likeness (QED) is 0.390. The van der Waals surface area contributed by atoms with E-state index in [1.807, 2.05) is 0 Å². The SMILES string of the molecule is CC(C)(C)OC(=O)NCCOc1cc(C=O)cc(-c2ccc(C(F)(F)F)cc2F)c1. The van der Waals surface area contributed by atoms with Gasteiger partial charge in [0.05, 0.1) is 12.1 Å². The highest BCUT2D eigenvalue weighted by Gasteiger charge is 2.31. The van der Waals surface area contributed by atoms with Gasteiger partial charge in [-0.1, -0.05) is 6.07 Å². The van der Waals surface area contributed by atoms with Crippen LogP contribution in [0.25, 0.3) is 11.1 Å². The second kappa shape index (κ2) is 9.15. The number of aldehydes is 1. The minimum atomic E-state index is -4.67. The molecule has 0 heterocycles. The van der Waals surface area contributed by atoms with E-state index >= 15 is 0 Å². The maximum absolute atomic E-state index is 14.3. The van der Waals surface area contributed by atoms with Crippen molar-refractivity contribution in [2.24, 2.45) is 0 Å². The third-order valence-electron chi connectivity index (χ3n) is 3.71. The molecule has 0 saturated carbocycles.